The van der Waals surface area contributed by atoms with E-state index in [9.17, 15) is 4.79 Å². The molecule has 126 valence electrons. The van der Waals surface area contributed by atoms with Gasteiger partial charge in [0.15, 0.2) is 0 Å². The van der Waals surface area contributed by atoms with E-state index in [1.54, 1.807) is 0 Å². The molecule has 1 unspecified atom stereocenters. The van der Waals surface area contributed by atoms with Crippen LogP contribution in [0, 0.1) is 6.92 Å². The van der Waals surface area contributed by atoms with Crippen LogP contribution in [0.5, 0.6) is 0 Å². The zero-order valence-corrected chi connectivity index (χ0v) is 15.0. The van der Waals surface area contributed by atoms with Gasteiger partial charge in [0, 0.05) is 30.0 Å². The van der Waals surface area contributed by atoms with Crippen molar-refractivity contribution in [3.8, 4) is 0 Å². The Labute approximate surface area is 149 Å². The van der Waals surface area contributed by atoms with Crippen LogP contribution in [-0.4, -0.2) is 35.1 Å². The Kier molecular flexibility index (Phi) is 5.42. The van der Waals surface area contributed by atoms with Gasteiger partial charge in [-0.2, -0.15) is 0 Å². The average Bonchev–Trinajstić information content (AvgIpc) is 3.09. The molecule has 0 bridgehead atoms. The highest BCUT2D eigenvalue weighted by molar-refractivity contribution is 9.10. The molecule has 6 nitrogen and oxygen atoms in total. The number of hydrogen-bond acceptors (Lipinski definition) is 5. The minimum atomic E-state index is -0.187. The summed E-state index contributed by atoms with van der Waals surface area (Å²) in [5.41, 5.74) is 2.46. The highest BCUT2D eigenvalue weighted by atomic mass is 79.9. The van der Waals surface area contributed by atoms with E-state index < -0.39 is 0 Å². The number of rotatable bonds is 5. The predicted octanol–water partition coefficient (Wildman–Crippen LogP) is 3.20. The maximum Gasteiger partial charge on any atom is 0.254 e. The number of anilines is 2. The van der Waals surface area contributed by atoms with Crippen LogP contribution in [0.4, 0.5) is 11.6 Å². The molecule has 3 rings (SSSR count). The summed E-state index contributed by atoms with van der Waals surface area (Å²) in [6.45, 7) is 3.32. The van der Waals surface area contributed by atoms with Crippen LogP contribution in [0.1, 0.15) is 28.8 Å². The van der Waals surface area contributed by atoms with Gasteiger partial charge in [0.1, 0.15) is 0 Å². The number of amides is 1. The first-order valence-corrected chi connectivity index (χ1v) is 8.66. The summed E-state index contributed by atoms with van der Waals surface area (Å²) in [5.74, 6) is 0.254. The molecular weight excluding hydrogens is 372 g/mol. The van der Waals surface area contributed by atoms with E-state index in [0.29, 0.717) is 18.1 Å². The minimum absolute atomic E-state index is 0.120. The van der Waals surface area contributed by atoms with Crippen LogP contribution in [0.15, 0.2) is 35.1 Å². The fraction of sp³-hybridized carbons (Fsp3) is 0.353. The summed E-state index contributed by atoms with van der Waals surface area (Å²) in [5, 5.41) is 5.98. The van der Waals surface area contributed by atoms with Gasteiger partial charge >= 0.3 is 0 Å². The second kappa shape index (κ2) is 7.72. The van der Waals surface area contributed by atoms with Gasteiger partial charge in [-0.3, -0.25) is 4.79 Å². The van der Waals surface area contributed by atoms with E-state index in [1.807, 2.05) is 25.1 Å². The van der Waals surface area contributed by atoms with Gasteiger partial charge in [0.2, 0.25) is 5.95 Å². The lowest BCUT2D eigenvalue weighted by atomic mass is 10.2. The molecule has 1 amide bonds. The largest absolute Gasteiger partial charge is 0.376 e. The Morgan fingerprint density at radius 2 is 2.17 bits per heavy atom. The van der Waals surface area contributed by atoms with Crippen LogP contribution >= 0.6 is 15.9 Å². The number of benzene rings is 1. The summed E-state index contributed by atoms with van der Waals surface area (Å²) in [4.78, 5) is 20.5. The van der Waals surface area contributed by atoms with E-state index >= 15 is 0 Å². The van der Waals surface area contributed by atoms with Crippen molar-refractivity contribution in [3.05, 3.63) is 46.2 Å². The highest BCUT2D eigenvalue weighted by Gasteiger charge is 2.17. The molecule has 2 heterocycles. The number of aromatic nitrogens is 2. The molecular formula is C17H19BrN4O2. The monoisotopic (exact) mass is 390 g/mol. The first kappa shape index (κ1) is 16.9. The van der Waals surface area contributed by atoms with Crippen molar-refractivity contribution in [2.24, 2.45) is 0 Å². The Morgan fingerprint density at radius 3 is 2.83 bits per heavy atom. The first-order valence-electron chi connectivity index (χ1n) is 7.87. The highest BCUT2D eigenvalue weighted by Crippen LogP contribution is 2.25. The molecule has 1 fully saturated rings. The number of nitrogens with zero attached hydrogens (tertiary/aromatic N) is 2. The fourth-order valence-electron chi connectivity index (χ4n) is 2.47. The number of aryl methyl sites for hydroxylation is 1. The van der Waals surface area contributed by atoms with Crippen molar-refractivity contribution in [1.29, 1.82) is 0 Å². The molecule has 7 heteroatoms. The second-order valence-corrected chi connectivity index (χ2v) is 6.60. The Morgan fingerprint density at radius 1 is 1.38 bits per heavy atom. The van der Waals surface area contributed by atoms with Crippen molar-refractivity contribution >= 4 is 33.5 Å². The SMILES string of the molecule is Cc1ccc(Nc2ncc(C(=O)NCC3CCCO3)cn2)c(Br)c1. The predicted molar refractivity (Wildman–Crippen MR) is 95.5 cm³/mol. The van der Waals surface area contributed by atoms with Gasteiger partial charge in [-0.1, -0.05) is 6.07 Å². The Balaban J connectivity index is 1.59. The summed E-state index contributed by atoms with van der Waals surface area (Å²) in [6.07, 6.45) is 5.20. The number of halogens is 1. The Hall–Kier alpha value is -1.99. The molecule has 1 atom stereocenters. The minimum Gasteiger partial charge on any atom is -0.376 e. The van der Waals surface area contributed by atoms with Crippen molar-refractivity contribution in [1.82, 2.24) is 15.3 Å². The van der Waals surface area contributed by atoms with E-state index in [0.717, 1.165) is 35.2 Å². The standard InChI is InChI=1S/C17H19BrN4O2/c1-11-4-5-15(14(18)7-11)22-17-20-8-12(9-21-17)16(23)19-10-13-3-2-6-24-13/h4-5,7-9,13H,2-3,6,10H2,1H3,(H,19,23)(H,20,21,22). The normalized spacial score (nSPS) is 16.8. The zero-order chi connectivity index (χ0) is 16.9. The lowest BCUT2D eigenvalue weighted by Gasteiger charge is -2.11. The molecule has 1 saturated heterocycles. The van der Waals surface area contributed by atoms with Gasteiger partial charge in [-0.15, -0.1) is 0 Å². The van der Waals surface area contributed by atoms with E-state index in [-0.39, 0.29) is 12.0 Å². The zero-order valence-electron chi connectivity index (χ0n) is 13.4. The third-order valence-corrected chi connectivity index (χ3v) is 4.46. The summed E-state index contributed by atoms with van der Waals surface area (Å²) in [6, 6.07) is 5.96. The van der Waals surface area contributed by atoms with Crippen LogP contribution in [0.25, 0.3) is 0 Å². The van der Waals surface area contributed by atoms with Gasteiger partial charge in [0.05, 0.1) is 17.4 Å². The summed E-state index contributed by atoms with van der Waals surface area (Å²) < 4.78 is 6.42. The number of carbonyl (C=O) groups is 1. The molecule has 1 aromatic heterocycles. The molecule has 0 spiro atoms. The average molecular weight is 391 g/mol. The number of nitrogens with one attached hydrogen (secondary N) is 2. The number of carbonyl (C=O) groups excluding carboxylic acids is 1. The van der Waals surface area contributed by atoms with Gasteiger partial charge in [0.25, 0.3) is 5.91 Å². The molecule has 1 aliphatic heterocycles. The summed E-state index contributed by atoms with van der Waals surface area (Å²) >= 11 is 3.50. The van der Waals surface area contributed by atoms with E-state index in [1.165, 1.54) is 12.4 Å². The fourth-order valence-corrected chi connectivity index (χ4v) is 3.06. The maximum absolute atomic E-state index is 12.1. The van der Waals surface area contributed by atoms with Crippen LogP contribution < -0.4 is 10.6 Å². The lowest BCUT2D eigenvalue weighted by Crippen LogP contribution is -2.31. The summed E-state index contributed by atoms with van der Waals surface area (Å²) in [7, 11) is 0. The van der Waals surface area contributed by atoms with Gasteiger partial charge < -0.3 is 15.4 Å². The van der Waals surface area contributed by atoms with E-state index in [4.69, 9.17) is 4.74 Å². The van der Waals surface area contributed by atoms with Crippen LogP contribution in [0.3, 0.4) is 0 Å². The number of ether oxygens (including phenoxy) is 1. The molecule has 1 aliphatic rings. The third kappa shape index (κ3) is 4.30. The molecule has 1 aromatic carbocycles. The van der Waals surface area contributed by atoms with Crippen molar-refractivity contribution in [2.45, 2.75) is 25.9 Å². The topological polar surface area (TPSA) is 76.1 Å². The molecule has 2 aromatic rings. The molecule has 2 N–H and O–H groups in total. The Bertz CT molecular complexity index is 715. The first-order chi connectivity index (χ1) is 11.6. The van der Waals surface area contributed by atoms with Crippen molar-refractivity contribution in [3.63, 3.8) is 0 Å². The smallest absolute Gasteiger partial charge is 0.254 e. The molecule has 0 aliphatic carbocycles. The quantitative estimate of drug-likeness (QED) is 0.819. The maximum atomic E-state index is 12.1. The van der Waals surface area contributed by atoms with Crippen molar-refractivity contribution < 1.29 is 9.53 Å². The third-order valence-electron chi connectivity index (χ3n) is 3.80. The second-order valence-electron chi connectivity index (χ2n) is 5.75. The van der Waals surface area contributed by atoms with Crippen LogP contribution in [0.2, 0.25) is 0 Å². The lowest BCUT2D eigenvalue weighted by molar-refractivity contribution is 0.0857. The van der Waals surface area contributed by atoms with Gasteiger partial charge in [-0.05, 0) is 53.4 Å². The molecule has 0 saturated carbocycles. The van der Waals surface area contributed by atoms with Gasteiger partial charge in [-0.25, -0.2) is 9.97 Å². The molecule has 24 heavy (non-hydrogen) atoms. The number of hydrogen-bond donors (Lipinski definition) is 2. The molecule has 0 radical (unpaired) electrons. The van der Waals surface area contributed by atoms with Crippen LogP contribution in [-0.2, 0) is 4.74 Å². The van der Waals surface area contributed by atoms with Crippen molar-refractivity contribution in [2.75, 3.05) is 18.5 Å². The van der Waals surface area contributed by atoms with E-state index in [2.05, 4.69) is 36.5 Å².